The van der Waals surface area contributed by atoms with Gasteiger partial charge in [-0.05, 0) is 35.7 Å². The Morgan fingerprint density at radius 3 is 2.46 bits per heavy atom. The molecule has 0 aliphatic heterocycles. The monoisotopic (exact) mass is 375 g/mol. The Kier molecular flexibility index (Phi) is 4.55. The van der Waals surface area contributed by atoms with Gasteiger partial charge in [0.25, 0.3) is 5.56 Å². The van der Waals surface area contributed by atoms with Crippen LogP contribution in [0.5, 0.6) is 0 Å². The lowest BCUT2D eigenvalue weighted by molar-refractivity contribution is 0.310. The maximum absolute atomic E-state index is 12.4. The highest BCUT2D eigenvalue weighted by molar-refractivity contribution is 6.01. The second kappa shape index (κ2) is 6.91. The second-order valence-electron chi connectivity index (χ2n) is 8.41. The Labute approximate surface area is 164 Å². The van der Waals surface area contributed by atoms with Crippen LogP contribution in [0.2, 0.25) is 0 Å². The Hall–Kier alpha value is -2.92. The van der Waals surface area contributed by atoms with Crippen molar-refractivity contribution in [1.29, 1.82) is 0 Å². The minimum absolute atomic E-state index is 0.149. The van der Waals surface area contributed by atoms with Crippen LogP contribution in [0.4, 0.5) is 0 Å². The molecule has 2 aromatic carbocycles. The summed E-state index contributed by atoms with van der Waals surface area (Å²) in [4.78, 5) is 22.1. The third-order valence-electron chi connectivity index (χ3n) is 4.97. The molecule has 0 radical (unpaired) electrons. The molecule has 0 saturated carbocycles. The topological polar surface area (TPSA) is 62.1 Å². The molecule has 1 N–H and O–H groups in total. The highest BCUT2D eigenvalue weighted by Crippen LogP contribution is 2.25. The van der Waals surface area contributed by atoms with E-state index >= 15 is 0 Å². The van der Waals surface area contributed by atoms with Crippen molar-refractivity contribution in [1.82, 2.24) is 14.9 Å². The average molecular weight is 375 g/mol. The molecule has 0 fully saturated rings. The molecular weight excluding hydrogens is 350 g/mol. The molecule has 0 amide bonds. The molecule has 5 heteroatoms. The third kappa shape index (κ3) is 3.58. The van der Waals surface area contributed by atoms with Crippen LogP contribution in [0.1, 0.15) is 37.7 Å². The summed E-state index contributed by atoms with van der Waals surface area (Å²) >= 11 is 0. The summed E-state index contributed by atoms with van der Waals surface area (Å²) in [6.07, 6.45) is 0. The van der Waals surface area contributed by atoms with Crippen molar-refractivity contribution in [2.24, 2.45) is 0 Å². The summed E-state index contributed by atoms with van der Waals surface area (Å²) < 4.78 is 5.66. The van der Waals surface area contributed by atoms with E-state index in [-0.39, 0.29) is 16.6 Å². The van der Waals surface area contributed by atoms with Gasteiger partial charge in [0.05, 0.1) is 6.54 Å². The molecule has 0 spiro atoms. The fraction of sp³-hybridized carbons (Fsp3) is 0.304. The first-order valence-corrected chi connectivity index (χ1v) is 9.50. The van der Waals surface area contributed by atoms with Crippen LogP contribution in [0.25, 0.3) is 22.1 Å². The zero-order valence-electron chi connectivity index (χ0n) is 16.7. The quantitative estimate of drug-likeness (QED) is 0.566. The highest BCUT2D eigenvalue weighted by Gasteiger charge is 2.15. The number of nitrogens with zero attached hydrogens (tertiary/aromatic N) is 2. The van der Waals surface area contributed by atoms with E-state index in [2.05, 4.69) is 59.9 Å². The van der Waals surface area contributed by atoms with Gasteiger partial charge >= 0.3 is 0 Å². The lowest BCUT2D eigenvalue weighted by atomic mass is 9.87. The summed E-state index contributed by atoms with van der Waals surface area (Å²) in [5.74, 6) is 0.637. The van der Waals surface area contributed by atoms with Gasteiger partial charge in [0.1, 0.15) is 16.9 Å². The average Bonchev–Trinajstić information content (AvgIpc) is 3.01. The van der Waals surface area contributed by atoms with Gasteiger partial charge in [0.15, 0.2) is 0 Å². The summed E-state index contributed by atoms with van der Waals surface area (Å²) in [6, 6.07) is 16.3. The zero-order valence-corrected chi connectivity index (χ0v) is 16.7. The predicted molar refractivity (Wildman–Crippen MR) is 112 cm³/mol. The van der Waals surface area contributed by atoms with Gasteiger partial charge in [-0.1, -0.05) is 57.2 Å². The van der Waals surface area contributed by atoms with Gasteiger partial charge in [-0.15, -0.1) is 0 Å². The van der Waals surface area contributed by atoms with Crippen molar-refractivity contribution in [2.45, 2.75) is 39.3 Å². The maximum Gasteiger partial charge on any atom is 0.294 e. The van der Waals surface area contributed by atoms with Crippen LogP contribution in [0, 0.1) is 0 Å². The fourth-order valence-corrected chi connectivity index (χ4v) is 3.46. The SMILES string of the molecule is CN(Cc1ccc(C(C)(C)C)cc1)Cc1nc2c(oc3ccccc32)c(=O)[nH]1. The van der Waals surface area contributed by atoms with Crippen molar-refractivity contribution < 1.29 is 4.42 Å². The van der Waals surface area contributed by atoms with Crippen molar-refractivity contribution >= 4 is 22.1 Å². The number of benzene rings is 2. The van der Waals surface area contributed by atoms with Crippen molar-refractivity contribution in [2.75, 3.05) is 7.05 Å². The lowest BCUT2D eigenvalue weighted by Gasteiger charge is -2.20. The summed E-state index contributed by atoms with van der Waals surface area (Å²) in [6.45, 7) is 7.97. The number of aromatic amines is 1. The molecule has 0 aliphatic rings. The third-order valence-corrected chi connectivity index (χ3v) is 4.97. The number of hydrogen-bond donors (Lipinski definition) is 1. The number of H-pyrrole nitrogens is 1. The Balaban J connectivity index is 1.56. The molecule has 2 aromatic heterocycles. The molecular formula is C23H25N3O2. The Morgan fingerprint density at radius 1 is 1.04 bits per heavy atom. The van der Waals surface area contributed by atoms with Crippen LogP contribution in [0.15, 0.2) is 57.7 Å². The van der Waals surface area contributed by atoms with Gasteiger partial charge in [-0.2, -0.15) is 0 Å². The molecule has 0 unspecified atom stereocenters. The van der Waals surface area contributed by atoms with Crippen LogP contribution in [-0.2, 0) is 18.5 Å². The number of para-hydroxylation sites is 1. The number of rotatable bonds is 4. The minimum Gasteiger partial charge on any atom is -0.449 e. The van der Waals surface area contributed by atoms with Crippen molar-refractivity contribution in [3.8, 4) is 0 Å². The fourth-order valence-electron chi connectivity index (χ4n) is 3.46. The van der Waals surface area contributed by atoms with Crippen LogP contribution >= 0.6 is 0 Å². The molecule has 4 rings (SSSR count). The van der Waals surface area contributed by atoms with E-state index in [9.17, 15) is 4.79 Å². The van der Waals surface area contributed by atoms with Gasteiger partial charge in [0, 0.05) is 11.9 Å². The van der Waals surface area contributed by atoms with E-state index in [1.165, 1.54) is 11.1 Å². The lowest BCUT2D eigenvalue weighted by Crippen LogP contribution is -2.21. The van der Waals surface area contributed by atoms with Crippen molar-refractivity contribution in [3.05, 3.63) is 75.8 Å². The first-order valence-electron chi connectivity index (χ1n) is 9.50. The summed E-state index contributed by atoms with van der Waals surface area (Å²) in [7, 11) is 2.02. The minimum atomic E-state index is -0.237. The Bertz CT molecular complexity index is 1180. The normalized spacial score (nSPS) is 12.3. The summed E-state index contributed by atoms with van der Waals surface area (Å²) in [5.41, 5.74) is 4.05. The van der Waals surface area contributed by atoms with Crippen LogP contribution < -0.4 is 5.56 Å². The van der Waals surface area contributed by atoms with E-state index in [0.29, 0.717) is 23.5 Å². The van der Waals surface area contributed by atoms with E-state index in [1.54, 1.807) is 0 Å². The molecule has 0 atom stereocenters. The molecule has 28 heavy (non-hydrogen) atoms. The van der Waals surface area contributed by atoms with Gasteiger partial charge in [-0.25, -0.2) is 4.98 Å². The van der Waals surface area contributed by atoms with Gasteiger partial charge in [0.2, 0.25) is 5.58 Å². The molecule has 4 aromatic rings. The van der Waals surface area contributed by atoms with Gasteiger partial charge in [-0.3, -0.25) is 9.69 Å². The van der Waals surface area contributed by atoms with Crippen molar-refractivity contribution in [3.63, 3.8) is 0 Å². The largest absolute Gasteiger partial charge is 0.449 e. The molecule has 0 saturated heterocycles. The first kappa shape index (κ1) is 18.4. The molecule has 144 valence electrons. The summed E-state index contributed by atoms with van der Waals surface area (Å²) in [5, 5.41) is 0.866. The highest BCUT2D eigenvalue weighted by atomic mass is 16.3. The predicted octanol–water partition coefficient (Wildman–Crippen LogP) is 4.60. The number of nitrogens with one attached hydrogen (secondary N) is 1. The van der Waals surface area contributed by atoms with Crippen LogP contribution in [0.3, 0.4) is 0 Å². The first-order chi connectivity index (χ1) is 13.3. The van der Waals surface area contributed by atoms with E-state index < -0.39 is 0 Å². The van der Waals surface area contributed by atoms with Gasteiger partial charge < -0.3 is 9.40 Å². The number of furan rings is 1. The molecule has 0 aliphatic carbocycles. The van der Waals surface area contributed by atoms with E-state index in [1.807, 2.05) is 31.3 Å². The molecule has 5 nitrogen and oxygen atoms in total. The standard InChI is InChI=1S/C23H25N3O2/c1-23(2,3)16-11-9-15(10-12-16)13-26(4)14-19-24-20-17-7-5-6-8-18(17)28-21(20)22(27)25-19/h5-12H,13-14H2,1-4H3,(H,24,25,27). The molecule has 2 heterocycles. The number of hydrogen-bond acceptors (Lipinski definition) is 4. The zero-order chi connectivity index (χ0) is 19.9. The number of aromatic nitrogens is 2. The van der Waals surface area contributed by atoms with E-state index in [0.717, 1.165) is 11.9 Å². The van der Waals surface area contributed by atoms with E-state index in [4.69, 9.17) is 4.42 Å². The Morgan fingerprint density at radius 2 is 1.75 bits per heavy atom. The van der Waals surface area contributed by atoms with Crippen LogP contribution in [-0.4, -0.2) is 21.9 Å². The second-order valence-corrected chi connectivity index (χ2v) is 8.41. The maximum atomic E-state index is 12.4. The smallest absolute Gasteiger partial charge is 0.294 e. The number of fused-ring (bicyclic) bond motifs is 3. The molecule has 0 bridgehead atoms.